The van der Waals surface area contributed by atoms with Gasteiger partial charge < -0.3 is 0 Å². The van der Waals surface area contributed by atoms with Gasteiger partial charge >= 0.3 is 0 Å². The van der Waals surface area contributed by atoms with Gasteiger partial charge in [-0.05, 0) is 31.5 Å². The lowest BCUT2D eigenvalue weighted by Crippen LogP contribution is -2.30. The van der Waals surface area contributed by atoms with Crippen molar-refractivity contribution in [3.63, 3.8) is 0 Å². The highest BCUT2D eigenvalue weighted by Gasteiger charge is 2.34. The van der Waals surface area contributed by atoms with Crippen LogP contribution in [-0.2, 0) is 4.79 Å². The molecule has 1 amide bonds. The minimum atomic E-state index is -0.0574. The van der Waals surface area contributed by atoms with Crippen LogP contribution in [-0.4, -0.2) is 15.5 Å². The van der Waals surface area contributed by atoms with Gasteiger partial charge in [0, 0.05) is 0 Å². The molecule has 0 N–H and O–H groups in total. The fourth-order valence-electron chi connectivity index (χ4n) is 1.53. The van der Waals surface area contributed by atoms with Crippen LogP contribution in [0.3, 0.4) is 0 Å². The van der Waals surface area contributed by atoms with Crippen molar-refractivity contribution < 1.29 is 4.79 Å². The Morgan fingerprint density at radius 1 is 1.47 bits per heavy atom. The molecule has 1 fully saturated rings. The molecule has 0 unspecified atom stereocenters. The monoisotopic (exact) mass is 237 g/mol. The molecule has 1 aromatic carbocycles. The zero-order valence-corrected chi connectivity index (χ0v) is 10.2. The topological polar surface area (TPSA) is 20.3 Å². The Bertz CT molecular complexity index is 430. The molecular weight excluding hydrogens is 226 g/mol. The van der Waals surface area contributed by atoms with Crippen molar-refractivity contribution >= 4 is 39.9 Å². The first-order chi connectivity index (χ1) is 7.09. The fourth-order valence-corrected chi connectivity index (χ4v) is 2.96. The number of aryl methyl sites for hydroxylation is 1. The fraction of sp³-hybridized carbons (Fsp3) is 0.273. The Balaban J connectivity index is 2.39. The van der Waals surface area contributed by atoms with Gasteiger partial charge in [0.05, 0.1) is 10.9 Å². The van der Waals surface area contributed by atoms with E-state index in [1.54, 1.807) is 4.90 Å². The largest absolute Gasteiger partial charge is 0.273 e. The van der Waals surface area contributed by atoms with E-state index < -0.39 is 0 Å². The van der Waals surface area contributed by atoms with Crippen molar-refractivity contribution in [2.75, 3.05) is 4.90 Å². The summed E-state index contributed by atoms with van der Waals surface area (Å²) in [5.74, 6) is 0.0793. The van der Waals surface area contributed by atoms with E-state index in [2.05, 4.69) is 0 Å². The molecule has 1 aliphatic rings. The Kier molecular flexibility index (Phi) is 2.80. The molecule has 1 aliphatic heterocycles. The number of benzene rings is 1. The summed E-state index contributed by atoms with van der Waals surface area (Å²) < 4.78 is 0.651. The summed E-state index contributed by atoms with van der Waals surface area (Å²) in [5.41, 5.74) is 2.01. The normalized spacial score (nSPS) is 21.2. The van der Waals surface area contributed by atoms with E-state index in [1.165, 1.54) is 11.8 Å². The Morgan fingerprint density at radius 2 is 2.20 bits per heavy atom. The summed E-state index contributed by atoms with van der Waals surface area (Å²) >= 11 is 6.63. The van der Waals surface area contributed by atoms with Crippen molar-refractivity contribution in [3.8, 4) is 0 Å². The van der Waals surface area contributed by atoms with Crippen LogP contribution in [0.2, 0.25) is 0 Å². The van der Waals surface area contributed by atoms with Crippen LogP contribution in [0.15, 0.2) is 24.3 Å². The molecule has 4 heteroatoms. The van der Waals surface area contributed by atoms with Crippen molar-refractivity contribution in [1.82, 2.24) is 0 Å². The third-order valence-corrected chi connectivity index (χ3v) is 3.70. The number of hydrogen-bond donors (Lipinski definition) is 0. The van der Waals surface area contributed by atoms with Gasteiger partial charge in [0.1, 0.15) is 4.32 Å². The first-order valence-electron chi connectivity index (χ1n) is 4.71. The first-order valence-corrected chi connectivity index (χ1v) is 5.99. The molecule has 0 saturated carbocycles. The molecule has 1 saturated heterocycles. The standard InChI is InChI=1S/C11H11NOS2/c1-7-4-3-5-9(6-7)12-10(13)8(2)15-11(12)14/h3-6,8H,1-2H3/t8-/m1/s1. The van der Waals surface area contributed by atoms with Crippen LogP contribution >= 0.6 is 24.0 Å². The maximum Gasteiger partial charge on any atom is 0.245 e. The summed E-state index contributed by atoms with van der Waals surface area (Å²) in [6.07, 6.45) is 0. The average molecular weight is 237 g/mol. The quantitative estimate of drug-likeness (QED) is 0.700. The zero-order valence-electron chi connectivity index (χ0n) is 8.56. The number of anilines is 1. The molecule has 2 rings (SSSR count). The first kappa shape index (κ1) is 10.6. The molecule has 78 valence electrons. The highest BCUT2D eigenvalue weighted by molar-refractivity contribution is 8.25. The van der Waals surface area contributed by atoms with Crippen LogP contribution in [0.1, 0.15) is 12.5 Å². The van der Waals surface area contributed by atoms with Gasteiger partial charge in [0.15, 0.2) is 0 Å². The van der Waals surface area contributed by atoms with Gasteiger partial charge in [-0.25, -0.2) is 0 Å². The third-order valence-electron chi connectivity index (χ3n) is 2.29. The molecule has 15 heavy (non-hydrogen) atoms. The average Bonchev–Trinajstić information content (AvgIpc) is 2.41. The summed E-state index contributed by atoms with van der Waals surface area (Å²) in [6.45, 7) is 3.89. The van der Waals surface area contributed by atoms with Gasteiger partial charge in [-0.15, -0.1) is 0 Å². The Hall–Kier alpha value is -0.870. The van der Waals surface area contributed by atoms with Crippen LogP contribution in [0.4, 0.5) is 5.69 Å². The lowest BCUT2D eigenvalue weighted by Gasteiger charge is -2.15. The lowest BCUT2D eigenvalue weighted by molar-refractivity contribution is -0.116. The molecule has 1 aromatic rings. The van der Waals surface area contributed by atoms with Crippen LogP contribution in [0, 0.1) is 6.92 Å². The van der Waals surface area contributed by atoms with Gasteiger partial charge in [-0.1, -0.05) is 36.1 Å². The van der Waals surface area contributed by atoms with E-state index in [4.69, 9.17) is 12.2 Å². The van der Waals surface area contributed by atoms with E-state index in [0.29, 0.717) is 4.32 Å². The number of hydrogen-bond acceptors (Lipinski definition) is 3. The number of carbonyl (C=O) groups excluding carboxylic acids is 1. The number of rotatable bonds is 1. The molecule has 0 spiro atoms. The van der Waals surface area contributed by atoms with E-state index in [9.17, 15) is 4.79 Å². The van der Waals surface area contributed by atoms with E-state index in [1.807, 2.05) is 38.1 Å². The zero-order chi connectivity index (χ0) is 11.0. The van der Waals surface area contributed by atoms with Gasteiger partial charge in [-0.3, -0.25) is 9.69 Å². The number of carbonyl (C=O) groups is 1. The molecule has 1 atom stereocenters. The maximum absolute atomic E-state index is 11.8. The highest BCUT2D eigenvalue weighted by Crippen LogP contribution is 2.31. The van der Waals surface area contributed by atoms with Gasteiger partial charge in [0.2, 0.25) is 5.91 Å². The number of nitrogens with zero attached hydrogens (tertiary/aromatic N) is 1. The van der Waals surface area contributed by atoms with Crippen molar-refractivity contribution in [3.05, 3.63) is 29.8 Å². The Labute approximate surface area is 98.7 Å². The number of amides is 1. The maximum atomic E-state index is 11.8. The minimum absolute atomic E-state index is 0.0574. The molecule has 0 aromatic heterocycles. The van der Waals surface area contributed by atoms with Gasteiger partial charge in [0.25, 0.3) is 0 Å². The summed E-state index contributed by atoms with van der Waals surface area (Å²) in [5, 5.41) is -0.0574. The summed E-state index contributed by atoms with van der Waals surface area (Å²) in [7, 11) is 0. The van der Waals surface area contributed by atoms with Crippen LogP contribution in [0.5, 0.6) is 0 Å². The molecule has 0 radical (unpaired) electrons. The highest BCUT2D eigenvalue weighted by atomic mass is 32.2. The predicted molar refractivity (Wildman–Crippen MR) is 68.3 cm³/mol. The van der Waals surface area contributed by atoms with E-state index in [-0.39, 0.29) is 11.2 Å². The molecular formula is C11H11NOS2. The van der Waals surface area contributed by atoms with Crippen LogP contribution in [0.25, 0.3) is 0 Å². The second kappa shape index (κ2) is 3.94. The molecule has 0 aliphatic carbocycles. The molecule has 0 bridgehead atoms. The number of thioether (sulfide) groups is 1. The summed E-state index contributed by atoms with van der Waals surface area (Å²) in [6, 6.07) is 7.83. The van der Waals surface area contributed by atoms with E-state index in [0.717, 1.165) is 11.3 Å². The second-order valence-corrected chi connectivity index (χ2v) is 5.51. The van der Waals surface area contributed by atoms with Crippen molar-refractivity contribution in [2.24, 2.45) is 0 Å². The predicted octanol–water partition coefficient (Wildman–Crippen LogP) is 2.75. The second-order valence-electron chi connectivity index (χ2n) is 3.54. The van der Waals surface area contributed by atoms with Crippen LogP contribution < -0.4 is 4.90 Å². The smallest absolute Gasteiger partial charge is 0.245 e. The summed E-state index contributed by atoms with van der Waals surface area (Å²) in [4.78, 5) is 13.5. The van der Waals surface area contributed by atoms with Crippen molar-refractivity contribution in [1.29, 1.82) is 0 Å². The Morgan fingerprint density at radius 3 is 2.73 bits per heavy atom. The lowest BCUT2D eigenvalue weighted by atomic mass is 10.2. The van der Waals surface area contributed by atoms with Gasteiger partial charge in [-0.2, -0.15) is 0 Å². The minimum Gasteiger partial charge on any atom is -0.273 e. The third kappa shape index (κ3) is 1.92. The van der Waals surface area contributed by atoms with Crippen molar-refractivity contribution in [2.45, 2.75) is 19.1 Å². The molecule has 2 nitrogen and oxygen atoms in total. The van der Waals surface area contributed by atoms with E-state index >= 15 is 0 Å². The number of thiocarbonyl (C=S) groups is 1. The SMILES string of the molecule is Cc1cccc(N2C(=O)[C@@H](C)SC2=S)c1. The molecule has 1 heterocycles.